The number of hydrogen-bond donors (Lipinski definition) is 3. The van der Waals surface area contributed by atoms with E-state index in [4.69, 9.17) is 15.9 Å². The van der Waals surface area contributed by atoms with Crippen LogP contribution in [0.2, 0.25) is 0 Å². The van der Waals surface area contributed by atoms with Crippen LogP contribution in [0.3, 0.4) is 0 Å². The summed E-state index contributed by atoms with van der Waals surface area (Å²) in [5, 5.41) is 2.81. The summed E-state index contributed by atoms with van der Waals surface area (Å²) in [7, 11) is 0. The lowest BCUT2D eigenvalue weighted by Gasteiger charge is -2.10. The number of carbonyl (C=O) groups is 1. The molecule has 0 spiro atoms. The van der Waals surface area contributed by atoms with Crippen LogP contribution in [0.15, 0.2) is 34.9 Å². The average molecular weight is 302 g/mol. The summed E-state index contributed by atoms with van der Waals surface area (Å²) >= 11 is 0. The van der Waals surface area contributed by atoms with Gasteiger partial charge < -0.3 is 21.2 Å². The number of amides is 1. The molecule has 0 radical (unpaired) electrons. The van der Waals surface area contributed by atoms with E-state index in [1.54, 1.807) is 0 Å². The summed E-state index contributed by atoms with van der Waals surface area (Å²) in [6.45, 7) is 4.46. The van der Waals surface area contributed by atoms with Gasteiger partial charge in [-0.3, -0.25) is 4.79 Å². The number of hydrogen-bond acceptors (Lipinski definition) is 5. The third kappa shape index (κ3) is 4.08. The Balaban J connectivity index is 1.86. The van der Waals surface area contributed by atoms with Gasteiger partial charge in [0.2, 0.25) is 5.89 Å². The van der Waals surface area contributed by atoms with Crippen LogP contribution < -0.4 is 16.8 Å². The maximum absolute atomic E-state index is 12.0. The standard InChI is InChI=1S/C16H22N4O2/c1-10(2)14(18)16-20-13(9-22-16)15(21)19-8-7-11-3-5-12(17)6-4-11/h3-6,9-10,14H,7-8,17-18H2,1-2H3,(H,19,21). The highest BCUT2D eigenvalue weighted by molar-refractivity contribution is 5.91. The summed E-state index contributed by atoms with van der Waals surface area (Å²) < 4.78 is 5.28. The van der Waals surface area contributed by atoms with Gasteiger partial charge in [0.25, 0.3) is 5.91 Å². The summed E-state index contributed by atoms with van der Waals surface area (Å²) in [5.41, 5.74) is 13.7. The van der Waals surface area contributed by atoms with Gasteiger partial charge in [-0.1, -0.05) is 26.0 Å². The Kier molecular flexibility index (Phi) is 5.16. The lowest BCUT2D eigenvalue weighted by molar-refractivity contribution is 0.0949. The number of nitrogen functional groups attached to an aromatic ring is 1. The molecule has 0 aliphatic rings. The first kappa shape index (κ1) is 16.0. The minimum atomic E-state index is -0.309. The molecule has 1 aromatic carbocycles. The lowest BCUT2D eigenvalue weighted by Crippen LogP contribution is -2.26. The molecule has 0 saturated carbocycles. The maximum Gasteiger partial charge on any atom is 0.273 e. The quantitative estimate of drug-likeness (QED) is 0.706. The zero-order valence-corrected chi connectivity index (χ0v) is 12.9. The van der Waals surface area contributed by atoms with Crippen LogP contribution in [0.5, 0.6) is 0 Å². The van der Waals surface area contributed by atoms with E-state index in [1.807, 2.05) is 38.1 Å². The number of anilines is 1. The fourth-order valence-electron chi connectivity index (χ4n) is 1.93. The molecule has 1 atom stereocenters. The van der Waals surface area contributed by atoms with Gasteiger partial charge >= 0.3 is 0 Å². The van der Waals surface area contributed by atoms with Crippen molar-refractivity contribution in [1.29, 1.82) is 0 Å². The molecule has 22 heavy (non-hydrogen) atoms. The van der Waals surface area contributed by atoms with Crippen molar-refractivity contribution in [2.75, 3.05) is 12.3 Å². The number of benzene rings is 1. The van der Waals surface area contributed by atoms with Gasteiger partial charge in [0, 0.05) is 12.2 Å². The van der Waals surface area contributed by atoms with E-state index in [2.05, 4.69) is 10.3 Å². The first-order valence-corrected chi connectivity index (χ1v) is 7.31. The van der Waals surface area contributed by atoms with Crippen molar-refractivity contribution < 1.29 is 9.21 Å². The van der Waals surface area contributed by atoms with Crippen LogP contribution >= 0.6 is 0 Å². The van der Waals surface area contributed by atoms with Crippen molar-refractivity contribution in [3.8, 4) is 0 Å². The van der Waals surface area contributed by atoms with E-state index in [0.29, 0.717) is 12.4 Å². The molecule has 6 nitrogen and oxygen atoms in total. The van der Waals surface area contributed by atoms with Gasteiger partial charge in [-0.2, -0.15) is 0 Å². The van der Waals surface area contributed by atoms with E-state index >= 15 is 0 Å². The predicted octanol–water partition coefficient (Wildman–Crippen LogP) is 1.89. The number of nitrogens with zero attached hydrogens (tertiary/aromatic N) is 1. The second-order valence-electron chi connectivity index (χ2n) is 5.59. The Morgan fingerprint density at radius 3 is 2.64 bits per heavy atom. The molecule has 0 aliphatic heterocycles. The SMILES string of the molecule is CC(C)C(N)c1nc(C(=O)NCCc2ccc(N)cc2)co1. The van der Waals surface area contributed by atoms with Gasteiger partial charge in [-0.05, 0) is 30.0 Å². The van der Waals surface area contributed by atoms with Crippen LogP contribution in [0.4, 0.5) is 5.69 Å². The number of aromatic nitrogens is 1. The van der Waals surface area contributed by atoms with E-state index in [0.717, 1.165) is 17.7 Å². The van der Waals surface area contributed by atoms with E-state index in [1.165, 1.54) is 6.26 Å². The Bertz CT molecular complexity index is 619. The highest BCUT2D eigenvalue weighted by atomic mass is 16.3. The Labute approximate surface area is 129 Å². The molecule has 118 valence electrons. The minimum Gasteiger partial charge on any atom is -0.446 e. The van der Waals surface area contributed by atoms with Crippen LogP contribution in [0.1, 0.15) is 41.8 Å². The number of nitrogens with two attached hydrogens (primary N) is 2. The predicted molar refractivity (Wildman–Crippen MR) is 85.2 cm³/mol. The molecular formula is C16H22N4O2. The number of carbonyl (C=O) groups excluding carboxylic acids is 1. The zero-order valence-electron chi connectivity index (χ0n) is 12.9. The van der Waals surface area contributed by atoms with Crippen molar-refractivity contribution in [2.24, 2.45) is 11.7 Å². The molecule has 1 aromatic heterocycles. The summed E-state index contributed by atoms with van der Waals surface area (Å²) in [5.74, 6) is 0.320. The average Bonchev–Trinajstić information content (AvgIpc) is 2.98. The molecule has 0 saturated heterocycles. The molecular weight excluding hydrogens is 280 g/mol. The normalized spacial score (nSPS) is 12.4. The Hall–Kier alpha value is -2.34. The van der Waals surface area contributed by atoms with Crippen LogP contribution in [-0.2, 0) is 6.42 Å². The Morgan fingerprint density at radius 2 is 2.00 bits per heavy atom. The van der Waals surface area contributed by atoms with Crippen LogP contribution in [0, 0.1) is 5.92 Å². The van der Waals surface area contributed by atoms with Gasteiger partial charge in [0.15, 0.2) is 5.69 Å². The van der Waals surface area contributed by atoms with Gasteiger partial charge in [-0.15, -0.1) is 0 Å². The third-order valence-electron chi connectivity index (χ3n) is 3.44. The van der Waals surface area contributed by atoms with Crippen LogP contribution in [0.25, 0.3) is 0 Å². The highest BCUT2D eigenvalue weighted by Gasteiger charge is 2.19. The fraction of sp³-hybridized carbons (Fsp3) is 0.375. The molecule has 1 amide bonds. The van der Waals surface area contributed by atoms with Crippen LogP contribution in [-0.4, -0.2) is 17.4 Å². The maximum atomic E-state index is 12.0. The van der Waals surface area contributed by atoms with Crippen molar-refractivity contribution in [3.63, 3.8) is 0 Å². The van der Waals surface area contributed by atoms with Gasteiger partial charge in [-0.25, -0.2) is 4.98 Å². The highest BCUT2D eigenvalue weighted by Crippen LogP contribution is 2.17. The van der Waals surface area contributed by atoms with E-state index < -0.39 is 0 Å². The summed E-state index contributed by atoms with van der Waals surface area (Å²) in [6.07, 6.45) is 2.07. The smallest absolute Gasteiger partial charge is 0.273 e. The monoisotopic (exact) mass is 302 g/mol. The van der Waals surface area contributed by atoms with Crippen molar-refractivity contribution in [1.82, 2.24) is 10.3 Å². The lowest BCUT2D eigenvalue weighted by atomic mass is 10.1. The first-order valence-electron chi connectivity index (χ1n) is 7.31. The molecule has 0 aliphatic carbocycles. The molecule has 1 heterocycles. The molecule has 0 fully saturated rings. The van der Waals surface area contributed by atoms with E-state index in [9.17, 15) is 4.79 Å². The molecule has 1 unspecified atom stereocenters. The first-order chi connectivity index (χ1) is 10.5. The minimum absolute atomic E-state index is 0.195. The van der Waals surface area contributed by atoms with E-state index in [-0.39, 0.29) is 23.6 Å². The molecule has 5 N–H and O–H groups in total. The Morgan fingerprint density at radius 1 is 1.32 bits per heavy atom. The number of rotatable bonds is 6. The van der Waals surface area contributed by atoms with Gasteiger partial charge in [0.1, 0.15) is 6.26 Å². The molecule has 2 aromatic rings. The van der Waals surface area contributed by atoms with Crippen molar-refractivity contribution in [3.05, 3.63) is 47.7 Å². The van der Waals surface area contributed by atoms with Crippen molar-refractivity contribution >= 4 is 11.6 Å². The summed E-state index contributed by atoms with van der Waals surface area (Å²) in [4.78, 5) is 16.1. The number of nitrogens with one attached hydrogen (secondary N) is 1. The van der Waals surface area contributed by atoms with Gasteiger partial charge in [0.05, 0.1) is 6.04 Å². The third-order valence-corrected chi connectivity index (χ3v) is 3.44. The molecule has 6 heteroatoms. The zero-order chi connectivity index (χ0) is 16.1. The van der Waals surface area contributed by atoms with Crippen molar-refractivity contribution in [2.45, 2.75) is 26.3 Å². The molecule has 2 rings (SSSR count). The fourth-order valence-corrected chi connectivity index (χ4v) is 1.93. The largest absolute Gasteiger partial charge is 0.446 e. The second kappa shape index (κ2) is 7.09. The topological polar surface area (TPSA) is 107 Å². The summed E-state index contributed by atoms with van der Waals surface area (Å²) in [6, 6.07) is 7.26. The molecule has 0 bridgehead atoms. The number of oxazole rings is 1. The second-order valence-corrected chi connectivity index (χ2v) is 5.59.